The molecule has 1 heterocycles. The van der Waals surface area contributed by atoms with Gasteiger partial charge >= 0.3 is 0 Å². The fraction of sp³-hybridized carbons (Fsp3) is 0.286. The summed E-state index contributed by atoms with van der Waals surface area (Å²) in [7, 11) is 0. The molecule has 0 bridgehead atoms. The van der Waals surface area contributed by atoms with Gasteiger partial charge in [-0.05, 0) is 22.0 Å². The van der Waals surface area contributed by atoms with Crippen molar-refractivity contribution < 1.29 is 13.9 Å². The molecule has 1 aromatic rings. The minimum absolute atomic E-state index is 0.0475. The number of alkyl halides is 2. The maximum absolute atomic E-state index is 12.2. The summed E-state index contributed by atoms with van der Waals surface area (Å²) in [5.41, 5.74) is -0.355. The Kier molecular flexibility index (Phi) is 3.58. The number of aromatic nitrogens is 1. The number of hydrogen-bond acceptors (Lipinski definition) is 2. The highest BCUT2D eigenvalue weighted by atomic mass is 79.9. The molecule has 72 valence electrons. The van der Waals surface area contributed by atoms with Gasteiger partial charge in [0.25, 0.3) is 6.43 Å². The van der Waals surface area contributed by atoms with Crippen LogP contribution < -0.4 is 0 Å². The van der Waals surface area contributed by atoms with Crippen molar-refractivity contribution in [3.8, 4) is 0 Å². The zero-order valence-corrected chi connectivity index (χ0v) is 8.61. The molecule has 0 atom stereocenters. The van der Waals surface area contributed by atoms with Crippen molar-refractivity contribution in [3.63, 3.8) is 0 Å². The van der Waals surface area contributed by atoms with Crippen molar-refractivity contribution in [2.24, 2.45) is 0 Å². The van der Waals surface area contributed by atoms with Gasteiger partial charge < -0.3 is 5.11 Å². The zero-order chi connectivity index (χ0) is 10.0. The molecule has 0 spiro atoms. The molecule has 1 aromatic heterocycles. The Morgan fingerprint density at radius 2 is 2.23 bits per heavy atom. The van der Waals surface area contributed by atoms with Gasteiger partial charge in [-0.2, -0.15) is 0 Å². The fourth-order valence-electron chi connectivity index (χ4n) is 0.785. The molecule has 0 saturated heterocycles. The molecule has 0 aliphatic rings. The third kappa shape index (κ3) is 2.36. The van der Waals surface area contributed by atoms with Crippen molar-refractivity contribution in [2.75, 3.05) is 0 Å². The average Bonchev–Trinajstić information content (AvgIpc) is 2.09. The fourth-order valence-corrected chi connectivity index (χ4v) is 1.40. The molecule has 0 amide bonds. The summed E-state index contributed by atoms with van der Waals surface area (Å²) in [6.45, 7) is -0.460. The van der Waals surface area contributed by atoms with Crippen LogP contribution in [0.4, 0.5) is 8.78 Å². The first-order valence-electron chi connectivity index (χ1n) is 3.30. The van der Waals surface area contributed by atoms with Crippen LogP contribution >= 0.6 is 27.5 Å². The zero-order valence-electron chi connectivity index (χ0n) is 6.27. The van der Waals surface area contributed by atoms with E-state index < -0.39 is 18.7 Å². The lowest BCUT2D eigenvalue weighted by Crippen LogP contribution is -1.98. The quantitative estimate of drug-likeness (QED) is 0.898. The summed E-state index contributed by atoms with van der Waals surface area (Å²) in [4.78, 5) is 3.49. The summed E-state index contributed by atoms with van der Waals surface area (Å²) in [5.74, 6) is 0. The maximum atomic E-state index is 12.2. The molecule has 0 saturated carbocycles. The molecular weight excluding hydrogens is 267 g/mol. The molecule has 0 unspecified atom stereocenters. The van der Waals surface area contributed by atoms with Gasteiger partial charge in [0.15, 0.2) is 0 Å². The summed E-state index contributed by atoms with van der Waals surface area (Å²) < 4.78 is 24.7. The van der Waals surface area contributed by atoms with Gasteiger partial charge in [-0.25, -0.2) is 13.8 Å². The Morgan fingerprint density at radius 3 is 2.69 bits per heavy atom. The van der Waals surface area contributed by atoms with E-state index in [2.05, 4.69) is 20.9 Å². The minimum Gasteiger partial charge on any atom is -0.390 e. The van der Waals surface area contributed by atoms with Crippen molar-refractivity contribution in [1.29, 1.82) is 0 Å². The van der Waals surface area contributed by atoms with Gasteiger partial charge in [0, 0.05) is 4.47 Å². The number of aliphatic hydroxyl groups is 1. The van der Waals surface area contributed by atoms with Crippen molar-refractivity contribution in [2.45, 2.75) is 13.0 Å². The summed E-state index contributed by atoms with van der Waals surface area (Å²) in [5, 5.41) is 8.90. The molecule has 0 aliphatic heterocycles. The summed E-state index contributed by atoms with van der Waals surface area (Å²) in [6.07, 6.45) is -2.67. The third-order valence-electron chi connectivity index (χ3n) is 1.38. The van der Waals surface area contributed by atoms with Gasteiger partial charge in [0.05, 0.1) is 17.3 Å². The van der Waals surface area contributed by atoms with E-state index in [1.165, 1.54) is 0 Å². The number of aliphatic hydroxyl groups excluding tert-OH is 1. The molecule has 1 N–H and O–H groups in total. The van der Waals surface area contributed by atoms with Crippen LogP contribution in [-0.2, 0) is 6.61 Å². The predicted octanol–water partition coefficient (Wildman–Crippen LogP) is 2.93. The average molecular weight is 272 g/mol. The molecule has 0 radical (unpaired) electrons. The summed E-state index contributed by atoms with van der Waals surface area (Å²) in [6, 6.07) is 1.13. The Hall–Kier alpha value is -0.260. The van der Waals surface area contributed by atoms with Crippen LogP contribution in [0.2, 0.25) is 5.02 Å². The van der Waals surface area contributed by atoms with E-state index in [4.69, 9.17) is 16.7 Å². The van der Waals surface area contributed by atoms with Gasteiger partial charge in [0.1, 0.15) is 5.69 Å². The molecular formula is C7H5BrClF2NO. The molecule has 0 fully saturated rings. The lowest BCUT2D eigenvalue weighted by Gasteiger charge is -2.05. The highest BCUT2D eigenvalue weighted by Gasteiger charge is 2.14. The van der Waals surface area contributed by atoms with E-state index in [0.29, 0.717) is 4.47 Å². The van der Waals surface area contributed by atoms with E-state index >= 15 is 0 Å². The molecule has 13 heavy (non-hydrogen) atoms. The highest BCUT2D eigenvalue weighted by Crippen LogP contribution is 2.29. The Balaban J connectivity index is 3.22. The molecule has 2 nitrogen and oxygen atoms in total. The monoisotopic (exact) mass is 271 g/mol. The van der Waals surface area contributed by atoms with Crippen molar-refractivity contribution in [1.82, 2.24) is 4.98 Å². The molecule has 1 rings (SSSR count). The second kappa shape index (κ2) is 4.30. The largest absolute Gasteiger partial charge is 0.390 e. The number of hydrogen-bond donors (Lipinski definition) is 1. The topological polar surface area (TPSA) is 33.1 Å². The van der Waals surface area contributed by atoms with Gasteiger partial charge in [-0.15, -0.1) is 0 Å². The second-order valence-electron chi connectivity index (χ2n) is 2.25. The Morgan fingerprint density at radius 1 is 1.62 bits per heavy atom. The standard InChI is InChI=1S/C7H5BrClF2NO/c8-3-1-4(7(10)11)12-5(2-13)6(3)9/h1,7,13H,2H2. The van der Waals surface area contributed by atoms with Crippen LogP contribution in [0.25, 0.3) is 0 Å². The third-order valence-corrected chi connectivity index (χ3v) is 2.65. The SMILES string of the molecule is OCc1nc(C(F)F)cc(Br)c1Cl. The molecule has 0 aromatic carbocycles. The molecule has 0 aliphatic carbocycles. The van der Waals surface area contributed by atoms with Gasteiger partial charge in [-0.1, -0.05) is 11.6 Å². The van der Waals surface area contributed by atoms with E-state index in [-0.39, 0.29) is 10.7 Å². The highest BCUT2D eigenvalue weighted by molar-refractivity contribution is 9.10. The molecule has 6 heteroatoms. The van der Waals surface area contributed by atoms with Crippen LogP contribution in [0, 0.1) is 0 Å². The Labute approximate surface area is 86.7 Å². The van der Waals surface area contributed by atoms with E-state index in [1.807, 2.05) is 0 Å². The number of halogens is 4. The first-order valence-corrected chi connectivity index (χ1v) is 4.47. The summed E-state index contributed by atoms with van der Waals surface area (Å²) >= 11 is 8.65. The Bertz CT molecular complexity index is 322. The van der Waals surface area contributed by atoms with Crippen LogP contribution in [0.3, 0.4) is 0 Å². The van der Waals surface area contributed by atoms with E-state index in [1.54, 1.807) is 0 Å². The van der Waals surface area contributed by atoms with Gasteiger partial charge in [-0.3, -0.25) is 0 Å². The number of rotatable bonds is 2. The normalized spacial score (nSPS) is 10.9. The van der Waals surface area contributed by atoms with Crippen LogP contribution in [0.5, 0.6) is 0 Å². The van der Waals surface area contributed by atoms with Crippen LogP contribution in [0.1, 0.15) is 17.8 Å². The minimum atomic E-state index is -2.67. The van der Waals surface area contributed by atoms with E-state index in [9.17, 15) is 8.78 Å². The van der Waals surface area contributed by atoms with Crippen molar-refractivity contribution in [3.05, 3.63) is 26.9 Å². The first-order chi connectivity index (χ1) is 6.06. The van der Waals surface area contributed by atoms with Crippen molar-refractivity contribution >= 4 is 27.5 Å². The van der Waals surface area contributed by atoms with Crippen LogP contribution in [0.15, 0.2) is 10.5 Å². The van der Waals surface area contributed by atoms with Gasteiger partial charge in [0.2, 0.25) is 0 Å². The number of pyridine rings is 1. The van der Waals surface area contributed by atoms with Crippen LogP contribution in [-0.4, -0.2) is 10.1 Å². The lowest BCUT2D eigenvalue weighted by atomic mass is 10.3. The smallest absolute Gasteiger partial charge is 0.280 e. The second-order valence-corrected chi connectivity index (χ2v) is 3.48. The van der Waals surface area contributed by atoms with E-state index in [0.717, 1.165) is 6.07 Å². The predicted molar refractivity (Wildman–Crippen MR) is 47.8 cm³/mol. The first kappa shape index (κ1) is 10.8. The maximum Gasteiger partial charge on any atom is 0.280 e. The lowest BCUT2D eigenvalue weighted by molar-refractivity contribution is 0.145. The number of nitrogens with zero attached hydrogens (tertiary/aromatic N) is 1.